The Morgan fingerprint density at radius 2 is 1.78 bits per heavy atom. The molecule has 0 saturated heterocycles. The van der Waals surface area contributed by atoms with Gasteiger partial charge in [0.05, 0.1) is 5.75 Å². The van der Waals surface area contributed by atoms with E-state index in [4.69, 9.17) is 23.2 Å². The number of amides is 1. The van der Waals surface area contributed by atoms with Crippen molar-refractivity contribution in [2.45, 2.75) is 18.6 Å². The minimum absolute atomic E-state index is 0.0723. The quantitative estimate of drug-likeness (QED) is 0.666. The van der Waals surface area contributed by atoms with Crippen molar-refractivity contribution in [2.75, 3.05) is 12.3 Å². The third-order valence-corrected chi connectivity index (χ3v) is 4.94. The number of hydrogen-bond acceptors (Lipinski definition) is 2. The van der Waals surface area contributed by atoms with Crippen LogP contribution in [0.15, 0.2) is 48.5 Å². The first-order valence-electron chi connectivity index (χ1n) is 7.47. The molecule has 1 N–H and O–H groups in total. The fraction of sp³-hybridized carbons (Fsp3) is 0.278. The van der Waals surface area contributed by atoms with Crippen LogP contribution in [-0.4, -0.2) is 18.2 Å². The summed E-state index contributed by atoms with van der Waals surface area (Å²) in [4.78, 5) is 11.8. The van der Waals surface area contributed by atoms with Crippen molar-refractivity contribution in [1.82, 2.24) is 5.32 Å². The Kier molecular flexibility index (Phi) is 7.80. The number of halogens is 2. The predicted octanol–water partition coefficient (Wildman–Crippen LogP) is 4.98. The summed E-state index contributed by atoms with van der Waals surface area (Å²) in [5, 5.41) is 4.46. The smallest absolute Gasteiger partial charge is 0.230 e. The normalized spacial score (nSPS) is 10.5. The van der Waals surface area contributed by atoms with Crippen LogP contribution in [-0.2, 0) is 17.0 Å². The van der Waals surface area contributed by atoms with E-state index in [1.54, 1.807) is 11.8 Å². The highest BCUT2D eigenvalue weighted by Gasteiger charge is 2.03. The molecule has 2 aromatic carbocycles. The predicted molar refractivity (Wildman–Crippen MR) is 100 cm³/mol. The Labute approximate surface area is 151 Å². The highest BCUT2D eigenvalue weighted by atomic mass is 35.5. The second-order valence-corrected chi connectivity index (χ2v) is 6.99. The zero-order valence-corrected chi connectivity index (χ0v) is 15.1. The molecule has 122 valence electrons. The molecule has 0 atom stereocenters. The molecule has 2 aromatic rings. The average molecular weight is 368 g/mol. The minimum Gasteiger partial charge on any atom is -0.355 e. The first-order chi connectivity index (χ1) is 11.1. The van der Waals surface area contributed by atoms with Crippen LogP contribution in [0.1, 0.15) is 17.5 Å². The number of aryl methyl sites for hydroxylation is 1. The van der Waals surface area contributed by atoms with Crippen molar-refractivity contribution in [3.63, 3.8) is 0 Å². The number of carbonyl (C=O) groups is 1. The van der Waals surface area contributed by atoms with Crippen LogP contribution in [0.3, 0.4) is 0 Å². The van der Waals surface area contributed by atoms with Gasteiger partial charge in [0.15, 0.2) is 0 Å². The van der Waals surface area contributed by atoms with E-state index in [0.29, 0.717) is 12.3 Å². The molecule has 0 heterocycles. The number of rotatable bonds is 8. The van der Waals surface area contributed by atoms with Crippen molar-refractivity contribution in [3.05, 3.63) is 69.7 Å². The molecule has 0 aliphatic rings. The average Bonchev–Trinajstić information content (AvgIpc) is 2.55. The molecular formula is C18H19Cl2NOS. The fourth-order valence-corrected chi connectivity index (χ4v) is 3.27. The molecule has 0 saturated carbocycles. The molecule has 0 aromatic heterocycles. The summed E-state index contributed by atoms with van der Waals surface area (Å²) in [5.41, 5.74) is 2.30. The Bertz CT molecular complexity index is 631. The molecule has 0 fully saturated rings. The summed E-state index contributed by atoms with van der Waals surface area (Å²) >= 11 is 13.5. The Morgan fingerprint density at radius 3 is 2.52 bits per heavy atom. The van der Waals surface area contributed by atoms with E-state index in [2.05, 4.69) is 5.32 Å². The fourth-order valence-electron chi connectivity index (χ4n) is 2.10. The standard InChI is InChI=1S/C18H19Cl2NOS/c19-16-9-7-14(8-10-16)12-23-13-18(22)21-11-3-5-15-4-1-2-6-17(15)20/h1-2,4,6-10H,3,5,11-13H2,(H,21,22). The molecule has 0 unspecified atom stereocenters. The molecule has 5 heteroatoms. The molecule has 0 aliphatic heterocycles. The summed E-state index contributed by atoms with van der Waals surface area (Å²) in [7, 11) is 0. The molecule has 1 amide bonds. The SMILES string of the molecule is O=C(CSCc1ccc(Cl)cc1)NCCCc1ccccc1Cl. The summed E-state index contributed by atoms with van der Waals surface area (Å²) in [5.74, 6) is 1.35. The largest absolute Gasteiger partial charge is 0.355 e. The zero-order chi connectivity index (χ0) is 16.5. The van der Waals surface area contributed by atoms with E-state index in [0.717, 1.165) is 34.2 Å². The topological polar surface area (TPSA) is 29.1 Å². The van der Waals surface area contributed by atoms with Gasteiger partial charge in [-0.25, -0.2) is 0 Å². The van der Waals surface area contributed by atoms with E-state index in [-0.39, 0.29) is 5.91 Å². The van der Waals surface area contributed by atoms with Crippen LogP contribution in [0.2, 0.25) is 10.0 Å². The third kappa shape index (κ3) is 6.86. The van der Waals surface area contributed by atoms with E-state index in [9.17, 15) is 4.79 Å². The molecule has 2 nitrogen and oxygen atoms in total. The molecule has 0 radical (unpaired) electrons. The second-order valence-electron chi connectivity index (χ2n) is 5.16. The highest BCUT2D eigenvalue weighted by molar-refractivity contribution is 7.99. The van der Waals surface area contributed by atoms with Gasteiger partial charge >= 0.3 is 0 Å². The number of carbonyl (C=O) groups excluding carboxylic acids is 1. The first-order valence-corrected chi connectivity index (χ1v) is 9.38. The van der Waals surface area contributed by atoms with Crippen molar-refractivity contribution < 1.29 is 4.79 Å². The van der Waals surface area contributed by atoms with Gasteiger partial charge in [-0.2, -0.15) is 0 Å². The van der Waals surface area contributed by atoms with Gasteiger partial charge in [0.25, 0.3) is 0 Å². The Morgan fingerprint density at radius 1 is 1.04 bits per heavy atom. The van der Waals surface area contributed by atoms with Crippen LogP contribution in [0, 0.1) is 0 Å². The van der Waals surface area contributed by atoms with Crippen LogP contribution in [0.25, 0.3) is 0 Å². The Hall–Kier alpha value is -1.16. The van der Waals surface area contributed by atoms with Crippen molar-refractivity contribution >= 4 is 40.9 Å². The van der Waals surface area contributed by atoms with Gasteiger partial charge in [-0.3, -0.25) is 4.79 Å². The first kappa shape index (κ1) is 18.2. The molecule has 2 rings (SSSR count). The van der Waals surface area contributed by atoms with E-state index >= 15 is 0 Å². The zero-order valence-electron chi connectivity index (χ0n) is 12.7. The van der Waals surface area contributed by atoms with Crippen LogP contribution < -0.4 is 5.32 Å². The van der Waals surface area contributed by atoms with Gasteiger partial charge in [-0.1, -0.05) is 53.5 Å². The summed E-state index contributed by atoms with van der Waals surface area (Å²) < 4.78 is 0. The lowest BCUT2D eigenvalue weighted by Gasteiger charge is -2.06. The highest BCUT2D eigenvalue weighted by Crippen LogP contribution is 2.17. The summed E-state index contributed by atoms with van der Waals surface area (Å²) in [6, 6.07) is 15.5. The van der Waals surface area contributed by atoms with Crippen LogP contribution in [0.5, 0.6) is 0 Å². The van der Waals surface area contributed by atoms with Gasteiger partial charge in [-0.05, 0) is 42.2 Å². The molecule has 23 heavy (non-hydrogen) atoms. The lowest BCUT2D eigenvalue weighted by Crippen LogP contribution is -2.26. The molecule has 0 spiro atoms. The third-order valence-electron chi connectivity index (χ3n) is 3.32. The van der Waals surface area contributed by atoms with Gasteiger partial charge < -0.3 is 5.32 Å². The molecular weight excluding hydrogens is 349 g/mol. The second kappa shape index (κ2) is 9.86. The maximum Gasteiger partial charge on any atom is 0.230 e. The number of benzene rings is 2. The van der Waals surface area contributed by atoms with Gasteiger partial charge in [0, 0.05) is 22.3 Å². The number of thioether (sulfide) groups is 1. The summed E-state index contributed by atoms with van der Waals surface area (Å²) in [6.45, 7) is 0.672. The van der Waals surface area contributed by atoms with Crippen LogP contribution >= 0.6 is 35.0 Å². The van der Waals surface area contributed by atoms with E-state index < -0.39 is 0 Å². The van der Waals surface area contributed by atoms with Crippen molar-refractivity contribution in [2.24, 2.45) is 0 Å². The van der Waals surface area contributed by atoms with Gasteiger partial charge in [0.1, 0.15) is 0 Å². The molecule has 0 bridgehead atoms. The minimum atomic E-state index is 0.0723. The summed E-state index contributed by atoms with van der Waals surface area (Å²) in [6.07, 6.45) is 1.76. The van der Waals surface area contributed by atoms with E-state index in [1.807, 2.05) is 48.5 Å². The maximum absolute atomic E-state index is 11.8. The van der Waals surface area contributed by atoms with Crippen molar-refractivity contribution in [3.8, 4) is 0 Å². The number of hydrogen-bond donors (Lipinski definition) is 1. The lowest BCUT2D eigenvalue weighted by atomic mass is 10.1. The molecule has 0 aliphatic carbocycles. The van der Waals surface area contributed by atoms with Crippen LogP contribution in [0.4, 0.5) is 0 Å². The number of nitrogens with one attached hydrogen (secondary N) is 1. The monoisotopic (exact) mass is 367 g/mol. The Balaban J connectivity index is 1.58. The van der Waals surface area contributed by atoms with Crippen molar-refractivity contribution in [1.29, 1.82) is 0 Å². The maximum atomic E-state index is 11.8. The van der Waals surface area contributed by atoms with E-state index in [1.165, 1.54) is 5.56 Å². The lowest BCUT2D eigenvalue weighted by molar-refractivity contribution is -0.118. The van der Waals surface area contributed by atoms with Gasteiger partial charge in [0.2, 0.25) is 5.91 Å². The van der Waals surface area contributed by atoms with Gasteiger partial charge in [-0.15, -0.1) is 11.8 Å².